The van der Waals surface area contributed by atoms with Crippen LogP contribution < -0.4 is 10.1 Å². The summed E-state index contributed by atoms with van der Waals surface area (Å²) in [4.78, 5) is 37.7. The van der Waals surface area contributed by atoms with Gasteiger partial charge in [0.1, 0.15) is 17.8 Å². The lowest BCUT2D eigenvalue weighted by Gasteiger charge is -2.49. The van der Waals surface area contributed by atoms with Crippen LogP contribution in [0.4, 0.5) is 4.39 Å². The van der Waals surface area contributed by atoms with Gasteiger partial charge < -0.3 is 29.0 Å². The lowest BCUT2D eigenvalue weighted by atomic mass is 9.66. The Kier molecular flexibility index (Phi) is 10.8. The Hall–Kier alpha value is -2.98. The minimum Gasteiger partial charge on any atom is -0.461 e. The smallest absolute Gasteiger partial charge is 0.334 e. The minimum absolute atomic E-state index is 0.0129. The Bertz CT molecular complexity index is 1210. The number of hydrogen-bond donors (Lipinski definition) is 1. The predicted molar refractivity (Wildman–Crippen MR) is 161 cm³/mol. The molecule has 3 unspecified atom stereocenters. The monoisotopic (exact) mass is 617 g/mol. The molecule has 1 spiro atoms. The van der Waals surface area contributed by atoms with Gasteiger partial charge in [-0.05, 0) is 92.1 Å². The molecule has 244 valence electrons. The van der Waals surface area contributed by atoms with Crippen LogP contribution in [0.1, 0.15) is 98.0 Å². The molecule has 1 heterocycles. The summed E-state index contributed by atoms with van der Waals surface area (Å²) in [6.45, 7) is 11.5. The molecule has 9 nitrogen and oxygen atoms in total. The van der Waals surface area contributed by atoms with E-state index in [1.807, 2.05) is 26.8 Å². The van der Waals surface area contributed by atoms with Gasteiger partial charge in [0, 0.05) is 11.5 Å². The third-order valence-corrected chi connectivity index (χ3v) is 8.44. The van der Waals surface area contributed by atoms with E-state index in [0.29, 0.717) is 26.1 Å². The summed E-state index contributed by atoms with van der Waals surface area (Å²) in [6.07, 6.45) is 7.42. The van der Waals surface area contributed by atoms with E-state index < -0.39 is 34.4 Å². The Balaban J connectivity index is 1.40. The van der Waals surface area contributed by atoms with Crippen molar-refractivity contribution in [1.82, 2.24) is 5.32 Å². The van der Waals surface area contributed by atoms with Gasteiger partial charge in [0.15, 0.2) is 11.6 Å². The molecule has 1 aromatic rings. The number of hydrogen-bond acceptors (Lipinski definition) is 8. The number of ether oxygens (including phenoxy) is 5. The van der Waals surface area contributed by atoms with Gasteiger partial charge in [0.25, 0.3) is 0 Å². The van der Waals surface area contributed by atoms with Crippen LogP contribution in [0.2, 0.25) is 0 Å². The van der Waals surface area contributed by atoms with Crippen LogP contribution in [0, 0.1) is 17.7 Å². The zero-order chi connectivity index (χ0) is 32.1. The molecule has 0 radical (unpaired) electrons. The maximum Gasteiger partial charge on any atom is 0.334 e. The molecule has 0 aromatic heterocycles. The van der Waals surface area contributed by atoms with Gasteiger partial charge in [-0.3, -0.25) is 9.59 Å². The SMILES string of the molecule is CC(C)(C)OC(=O)/C=C/Oc1c(F)cccc1[C@H]1CC[C@@H](OCC2C(C(=O)OC(C)(C)C)CCCC23COCC(=O)N3)CC1. The lowest BCUT2D eigenvalue weighted by molar-refractivity contribution is -0.173. The van der Waals surface area contributed by atoms with Crippen molar-refractivity contribution >= 4 is 17.8 Å². The van der Waals surface area contributed by atoms with E-state index in [2.05, 4.69) is 5.32 Å². The fourth-order valence-electron chi connectivity index (χ4n) is 6.60. The highest BCUT2D eigenvalue weighted by Gasteiger charge is 2.52. The Morgan fingerprint density at radius 2 is 1.75 bits per heavy atom. The Morgan fingerprint density at radius 1 is 1.05 bits per heavy atom. The van der Waals surface area contributed by atoms with E-state index in [1.54, 1.807) is 26.8 Å². The molecule has 3 aliphatic rings. The zero-order valence-corrected chi connectivity index (χ0v) is 26.9. The molecular weight excluding hydrogens is 569 g/mol. The molecule has 10 heteroatoms. The number of benzene rings is 1. The third kappa shape index (κ3) is 9.03. The molecule has 3 fully saturated rings. The number of amides is 1. The van der Waals surface area contributed by atoms with Gasteiger partial charge in [-0.2, -0.15) is 0 Å². The largest absolute Gasteiger partial charge is 0.461 e. The van der Waals surface area contributed by atoms with E-state index in [4.69, 9.17) is 23.7 Å². The van der Waals surface area contributed by atoms with Crippen molar-refractivity contribution < 1.29 is 42.5 Å². The number of morpholine rings is 1. The molecule has 1 aromatic carbocycles. The highest BCUT2D eigenvalue weighted by molar-refractivity contribution is 5.82. The standard InChI is InChI=1S/C34H48FNO8/c1-32(2,3)43-29(38)16-18-41-30-24(9-7-11-27(30)35)22-12-14-23(15-13-22)42-19-26-25(31(39)44-33(4,5)6)10-8-17-34(26)21-40-20-28(37)36-34/h7,9,11,16,18,22-23,25-26H,8,10,12-15,17,19-21H2,1-6H3,(H,36,37)/b18-16+/t22-,23+,25?,26?,34?. The molecule has 1 aliphatic heterocycles. The molecular formula is C34H48FNO8. The first-order valence-electron chi connectivity index (χ1n) is 15.7. The second kappa shape index (κ2) is 14.0. The van der Waals surface area contributed by atoms with Crippen molar-refractivity contribution in [3.8, 4) is 5.75 Å². The fourth-order valence-corrected chi connectivity index (χ4v) is 6.60. The Morgan fingerprint density at radius 3 is 2.41 bits per heavy atom. The molecule has 2 aliphatic carbocycles. The first kappa shape index (κ1) is 33.9. The predicted octanol–water partition coefficient (Wildman–Crippen LogP) is 5.75. The molecule has 4 rings (SSSR count). The molecule has 1 saturated heterocycles. The Labute approximate surface area is 260 Å². The normalized spacial score (nSPS) is 28.0. The lowest BCUT2D eigenvalue weighted by Crippen LogP contribution is -2.66. The van der Waals surface area contributed by atoms with Crippen LogP contribution in [0.3, 0.4) is 0 Å². The quantitative estimate of drug-likeness (QED) is 0.223. The summed E-state index contributed by atoms with van der Waals surface area (Å²) >= 11 is 0. The van der Waals surface area contributed by atoms with Gasteiger partial charge in [-0.1, -0.05) is 18.6 Å². The summed E-state index contributed by atoms with van der Waals surface area (Å²) in [5, 5.41) is 3.16. The summed E-state index contributed by atoms with van der Waals surface area (Å²) < 4.78 is 43.7. The summed E-state index contributed by atoms with van der Waals surface area (Å²) in [6, 6.07) is 4.86. The van der Waals surface area contributed by atoms with Crippen molar-refractivity contribution in [2.45, 2.75) is 115 Å². The fraction of sp³-hybridized carbons (Fsp3) is 0.676. The minimum atomic E-state index is -0.674. The number of nitrogens with one attached hydrogen (secondary N) is 1. The number of carbonyl (C=O) groups excluding carboxylic acids is 3. The van der Waals surface area contributed by atoms with Crippen molar-refractivity contribution in [2.75, 3.05) is 19.8 Å². The second-order valence-electron chi connectivity index (χ2n) is 14.3. The van der Waals surface area contributed by atoms with Crippen molar-refractivity contribution in [3.05, 3.63) is 41.9 Å². The van der Waals surface area contributed by atoms with Crippen molar-refractivity contribution in [1.29, 1.82) is 0 Å². The molecule has 1 N–H and O–H groups in total. The maximum atomic E-state index is 14.8. The van der Waals surface area contributed by atoms with Gasteiger partial charge in [0.2, 0.25) is 5.91 Å². The number of halogens is 1. The highest BCUT2D eigenvalue weighted by Crippen LogP contribution is 2.43. The average molecular weight is 618 g/mol. The summed E-state index contributed by atoms with van der Waals surface area (Å²) in [7, 11) is 0. The maximum absolute atomic E-state index is 14.8. The van der Waals surface area contributed by atoms with E-state index in [9.17, 15) is 18.8 Å². The van der Waals surface area contributed by atoms with Crippen LogP contribution in [-0.2, 0) is 33.3 Å². The first-order valence-corrected chi connectivity index (χ1v) is 15.7. The van der Waals surface area contributed by atoms with E-state index in [1.165, 1.54) is 12.3 Å². The topological polar surface area (TPSA) is 109 Å². The van der Waals surface area contributed by atoms with Gasteiger partial charge in [-0.15, -0.1) is 0 Å². The number of rotatable bonds is 8. The van der Waals surface area contributed by atoms with Gasteiger partial charge >= 0.3 is 11.9 Å². The third-order valence-electron chi connectivity index (χ3n) is 8.44. The number of carbonyl (C=O) groups is 3. The number of esters is 2. The van der Waals surface area contributed by atoms with E-state index in [-0.39, 0.29) is 42.2 Å². The highest BCUT2D eigenvalue weighted by atomic mass is 19.1. The average Bonchev–Trinajstić information content (AvgIpc) is 2.91. The zero-order valence-electron chi connectivity index (χ0n) is 26.9. The van der Waals surface area contributed by atoms with Crippen molar-refractivity contribution in [2.24, 2.45) is 11.8 Å². The van der Waals surface area contributed by atoms with Crippen LogP contribution in [0.25, 0.3) is 0 Å². The molecule has 2 saturated carbocycles. The summed E-state index contributed by atoms with van der Waals surface area (Å²) in [5.41, 5.74) is -1.19. The molecule has 0 bridgehead atoms. The van der Waals surface area contributed by atoms with Crippen LogP contribution >= 0.6 is 0 Å². The van der Waals surface area contributed by atoms with Crippen LogP contribution in [0.15, 0.2) is 30.5 Å². The van der Waals surface area contributed by atoms with Gasteiger partial charge in [0.05, 0.1) is 43.1 Å². The van der Waals surface area contributed by atoms with Crippen LogP contribution in [-0.4, -0.2) is 60.5 Å². The van der Waals surface area contributed by atoms with E-state index >= 15 is 0 Å². The number of para-hydroxylation sites is 1. The van der Waals surface area contributed by atoms with Gasteiger partial charge in [-0.25, -0.2) is 9.18 Å². The first-order chi connectivity index (χ1) is 20.7. The van der Waals surface area contributed by atoms with Crippen molar-refractivity contribution in [3.63, 3.8) is 0 Å². The second-order valence-corrected chi connectivity index (χ2v) is 14.3. The molecule has 3 atom stereocenters. The summed E-state index contributed by atoms with van der Waals surface area (Å²) in [5.74, 6) is -2.06. The van der Waals surface area contributed by atoms with Crippen LogP contribution in [0.5, 0.6) is 5.75 Å². The van der Waals surface area contributed by atoms with E-state index in [0.717, 1.165) is 43.7 Å². The molecule has 44 heavy (non-hydrogen) atoms. The molecule has 1 amide bonds.